The van der Waals surface area contributed by atoms with E-state index in [9.17, 15) is 9.59 Å². The Labute approximate surface area is 199 Å². The number of amides is 2. The second-order valence-corrected chi connectivity index (χ2v) is 7.90. The molecule has 1 aliphatic rings. The summed E-state index contributed by atoms with van der Waals surface area (Å²) in [6, 6.07) is 22.8. The molecule has 3 aromatic rings. The molecule has 34 heavy (non-hydrogen) atoms. The molecule has 4 rings (SSSR count). The molecule has 8 nitrogen and oxygen atoms in total. The molecule has 0 aliphatic carbocycles. The minimum absolute atomic E-state index is 0.117. The smallest absolute Gasteiger partial charge is 0.250 e. The SMILES string of the molecule is O=C(COCC(=O)N1CCN(c2ccccn2)CC1)Nc1ccc(OCc2ccccc2)cc1. The van der Waals surface area contributed by atoms with Crippen LogP contribution in [-0.4, -0.2) is 61.1 Å². The number of carbonyl (C=O) groups is 2. The summed E-state index contributed by atoms with van der Waals surface area (Å²) in [6.07, 6.45) is 1.76. The zero-order valence-electron chi connectivity index (χ0n) is 18.9. The summed E-state index contributed by atoms with van der Waals surface area (Å²) < 4.78 is 11.1. The first-order valence-electron chi connectivity index (χ1n) is 11.3. The molecule has 1 aromatic heterocycles. The summed E-state index contributed by atoms with van der Waals surface area (Å²) in [5, 5.41) is 2.76. The van der Waals surface area contributed by atoms with Crippen LogP contribution in [0.25, 0.3) is 0 Å². The Hall–Kier alpha value is -3.91. The molecule has 1 N–H and O–H groups in total. The van der Waals surface area contributed by atoms with Crippen molar-refractivity contribution in [2.75, 3.05) is 49.6 Å². The van der Waals surface area contributed by atoms with Crippen LogP contribution in [0, 0.1) is 0 Å². The molecule has 0 atom stereocenters. The van der Waals surface area contributed by atoms with Crippen LogP contribution in [0.5, 0.6) is 5.75 Å². The van der Waals surface area contributed by atoms with Gasteiger partial charge in [0.2, 0.25) is 11.8 Å². The third-order valence-electron chi connectivity index (χ3n) is 5.45. The molecule has 176 valence electrons. The van der Waals surface area contributed by atoms with Crippen molar-refractivity contribution in [3.8, 4) is 5.75 Å². The fourth-order valence-corrected chi connectivity index (χ4v) is 3.62. The normalized spacial score (nSPS) is 13.4. The minimum atomic E-state index is -0.314. The average molecular weight is 461 g/mol. The monoisotopic (exact) mass is 460 g/mol. The summed E-state index contributed by atoms with van der Waals surface area (Å²) in [7, 11) is 0. The number of carbonyl (C=O) groups excluding carboxylic acids is 2. The van der Waals surface area contributed by atoms with E-state index >= 15 is 0 Å². The lowest BCUT2D eigenvalue weighted by molar-refractivity contribution is -0.137. The summed E-state index contributed by atoms with van der Waals surface area (Å²) in [6.45, 7) is 2.80. The number of hydrogen-bond donors (Lipinski definition) is 1. The number of anilines is 2. The van der Waals surface area contributed by atoms with Gasteiger partial charge in [0.15, 0.2) is 0 Å². The number of nitrogens with zero attached hydrogens (tertiary/aromatic N) is 3. The molecule has 2 amide bonds. The summed E-state index contributed by atoms with van der Waals surface area (Å²) in [4.78, 5) is 32.8. The first-order valence-corrected chi connectivity index (χ1v) is 11.3. The van der Waals surface area contributed by atoms with Crippen LogP contribution in [0.3, 0.4) is 0 Å². The van der Waals surface area contributed by atoms with E-state index in [4.69, 9.17) is 9.47 Å². The predicted octanol–water partition coefficient (Wildman–Crippen LogP) is 2.96. The maximum atomic E-state index is 12.4. The Balaban J connectivity index is 1.13. The second kappa shape index (κ2) is 11.8. The molecular weight excluding hydrogens is 432 g/mol. The fourth-order valence-electron chi connectivity index (χ4n) is 3.62. The van der Waals surface area contributed by atoms with E-state index in [1.54, 1.807) is 35.4 Å². The van der Waals surface area contributed by atoms with Gasteiger partial charge < -0.3 is 24.6 Å². The van der Waals surface area contributed by atoms with E-state index in [-0.39, 0.29) is 25.0 Å². The maximum Gasteiger partial charge on any atom is 0.250 e. The number of nitrogens with one attached hydrogen (secondary N) is 1. The fraction of sp³-hybridized carbons (Fsp3) is 0.269. The first-order chi connectivity index (χ1) is 16.7. The Morgan fingerprint density at radius 1 is 0.853 bits per heavy atom. The van der Waals surface area contributed by atoms with Crippen LogP contribution in [0.4, 0.5) is 11.5 Å². The summed E-state index contributed by atoms with van der Waals surface area (Å²) in [5.41, 5.74) is 1.72. The van der Waals surface area contributed by atoms with E-state index in [2.05, 4.69) is 15.2 Å². The number of piperazine rings is 1. The Morgan fingerprint density at radius 2 is 1.59 bits per heavy atom. The van der Waals surface area contributed by atoms with Crippen molar-refractivity contribution in [2.24, 2.45) is 0 Å². The van der Waals surface area contributed by atoms with Gasteiger partial charge in [-0.3, -0.25) is 9.59 Å². The minimum Gasteiger partial charge on any atom is -0.489 e. The molecule has 0 bridgehead atoms. The largest absolute Gasteiger partial charge is 0.489 e. The molecule has 0 unspecified atom stereocenters. The lowest BCUT2D eigenvalue weighted by atomic mass is 10.2. The standard InChI is InChI=1S/C26H28N4O4/c31-25(28-22-9-11-23(12-10-22)34-18-21-6-2-1-3-7-21)19-33-20-26(32)30-16-14-29(15-17-30)24-8-4-5-13-27-24/h1-13H,14-20H2,(H,28,31). The van der Waals surface area contributed by atoms with Crippen molar-refractivity contribution in [1.29, 1.82) is 0 Å². The van der Waals surface area contributed by atoms with Gasteiger partial charge >= 0.3 is 0 Å². The van der Waals surface area contributed by atoms with Gasteiger partial charge in [-0.15, -0.1) is 0 Å². The van der Waals surface area contributed by atoms with E-state index < -0.39 is 0 Å². The Bertz CT molecular complexity index is 1050. The van der Waals surface area contributed by atoms with Crippen LogP contribution < -0.4 is 15.0 Å². The zero-order chi connectivity index (χ0) is 23.6. The molecule has 1 aliphatic heterocycles. The number of pyridine rings is 1. The van der Waals surface area contributed by atoms with Gasteiger partial charge in [0.05, 0.1) is 0 Å². The van der Waals surface area contributed by atoms with Gasteiger partial charge in [-0.25, -0.2) is 4.98 Å². The summed E-state index contributed by atoms with van der Waals surface area (Å²) in [5.74, 6) is 1.20. The Morgan fingerprint density at radius 3 is 2.29 bits per heavy atom. The van der Waals surface area contributed by atoms with Crippen LogP contribution >= 0.6 is 0 Å². The van der Waals surface area contributed by atoms with Gasteiger partial charge in [-0.1, -0.05) is 36.4 Å². The topological polar surface area (TPSA) is 84.0 Å². The molecule has 0 spiro atoms. The molecule has 8 heteroatoms. The van der Waals surface area contributed by atoms with E-state index in [1.165, 1.54) is 0 Å². The van der Waals surface area contributed by atoms with E-state index in [0.717, 1.165) is 11.4 Å². The number of hydrogen-bond acceptors (Lipinski definition) is 6. The maximum absolute atomic E-state index is 12.4. The number of rotatable bonds is 9. The van der Waals surface area contributed by atoms with E-state index in [0.29, 0.717) is 44.2 Å². The van der Waals surface area contributed by atoms with Gasteiger partial charge in [-0.05, 0) is 42.0 Å². The molecule has 1 saturated heterocycles. The zero-order valence-corrected chi connectivity index (χ0v) is 18.9. The van der Waals surface area contributed by atoms with Crippen molar-refractivity contribution in [3.05, 3.63) is 84.6 Å². The van der Waals surface area contributed by atoms with Gasteiger partial charge in [0, 0.05) is 38.1 Å². The van der Waals surface area contributed by atoms with Crippen LogP contribution in [0.1, 0.15) is 5.56 Å². The van der Waals surface area contributed by atoms with Crippen LogP contribution in [0.15, 0.2) is 79.0 Å². The molecule has 0 radical (unpaired) electrons. The molecule has 1 fully saturated rings. The van der Waals surface area contributed by atoms with Crippen LogP contribution in [0.2, 0.25) is 0 Å². The van der Waals surface area contributed by atoms with Gasteiger partial charge in [-0.2, -0.15) is 0 Å². The highest BCUT2D eigenvalue weighted by atomic mass is 16.5. The number of ether oxygens (including phenoxy) is 2. The van der Waals surface area contributed by atoms with Gasteiger partial charge in [0.1, 0.15) is 31.4 Å². The highest BCUT2D eigenvalue weighted by Gasteiger charge is 2.22. The highest BCUT2D eigenvalue weighted by molar-refractivity contribution is 5.92. The van der Waals surface area contributed by atoms with Crippen molar-refractivity contribution in [1.82, 2.24) is 9.88 Å². The molecular formula is C26H28N4O4. The number of benzene rings is 2. The lowest BCUT2D eigenvalue weighted by Crippen LogP contribution is -2.50. The molecule has 0 saturated carbocycles. The van der Waals surface area contributed by atoms with Crippen molar-refractivity contribution in [3.63, 3.8) is 0 Å². The number of aromatic nitrogens is 1. The molecule has 2 heterocycles. The third-order valence-corrected chi connectivity index (χ3v) is 5.45. The average Bonchev–Trinajstić information content (AvgIpc) is 2.89. The quantitative estimate of drug-likeness (QED) is 0.529. The van der Waals surface area contributed by atoms with Crippen molar-refractivity contribution in [2.45, 2.75) is 6.61 Å². The highest BCUT2D eigenvalue weighted by Crippen LogP contribution is 2.17. The van der Waals surface area contributed by atoms with Crippen molar-refractivity contribution >= 4 is 23.3 Å². The van der Waals surface area contributed by atoms with Gasteiger partial charge in [0.25, 0.3) is 0 Å². The third kappa shape index (κ3) is 6.79. The predicted molar refractivity (Wildman–Crippen MR) is 130 cm³/mol. The Kier molecular flexibility index (Phi) is 8.08. The van der Waals surface area contributed by atoms with E-state index in [1.807, 2.05) is 48.5 Å². The second-order valence-electron chi connectivity index (χ2n) is 7.90. The van der Waals surface area contributed by atoms with Crippen molar-refractivity contribution < 1.29 is 19.1 Å². The summed E-state index contributed by atoms with van der Waals surface area (Å²) >= 11 is 0. The lowest BCUT2D eigenvalue weighted by Gasteiger charge is -2.35. The van der Waals surface area contributed by atoms with Crippen LogP contribution in [-0.2, 0) is 20.9 Å². The first kappa shape index (κ1) is 23.3. The molecule has 2 aromatic carbocycles.